The normalized spacial score (nSPS) is 15.7. The third-order valence-electron chi connectivity index (χ3n) is 5.51. The van der Waals surface area contributed by atoms with Crippen LogP contribution in [0, 0.1) is 0 Å². The van der Waals surface area contributed by atoms with Crippen LogP contribution in [-0.2, 0) is 15.8 Å². The number of anilines is 1. The van der Waals surface area contributed by atoms with E-state index in [1.165, 1.54) is 23.9 Å². The van der Waals surface area contributed by atoms with Crippen LogP contribution < -0.4 is 10.1 Å². The predicted molar refractivity (Wildman–Crippen MR) is 142 cm³/mol. The van der Waals surface area contributed by atoms with E-state index in [0.29, 0.717) is 15.0 Å². The minimum absolute atomic E-state index is 0.0256. The molecule has 1 saturated heterocycles. The van der Waals surface area contributed by atoms with Gasteiger partial charge in [0.2, 0.25) is 0 Å². The monoisotopic (exact) mass is 542 g/mol. The average Bonchev–Trinajstić information content (AvgIpc) is 3.15. The van der Waals surface area contributed by atoms with Crippen molar-refractivity contribution in [1.82, 2.24) is 4.90 Å². The maximum atomic E-state index is 13.0. The van der Waals surface area contributed by atoms with Crippen molar-refractivity contribution in [1.29, 1.82) is 0 Å². The Kier molecular flexibility index (Phi) is 7.99. The van der Waals surface area contributed by atoms with Crippen molar-refractivity contribution in [3.63, 3.8) is 0 Å². The van der Waals surface area contributed by atoms with E-state index >= 15 is 0 Å². The van der Waals surface area contributed by atoms with Gasteiger partial charge >= 0.3 is 6.18 Å². The van der Waals surface area contributed by atoms with Crippen LogP contribution in [0.1, 0.15) is 29.7 Å². The van der Waals surface area contributed by atoms with Crippen molar-refractivity contribution < 1.29 is 27.5 Å². The molecule has 1 atom stereocenters. The van der Waals surface area contributed by atoms with E-state index in [4.69, 9.17) is 17.0 Å². The molecule has 10 heteroatoms. The fraction of sp³-hybridized carbons (Fsp3) is 0.148. The molecule has 0 bridgehead atoms. The van der Waals surface area contributed by atoms with Crippen LogP contribution in [0.25, 0.3) is 6.08 Å². The molecule has 0 radical (unpaired) electrons. The van der Waals surface area contributed by atoms with Crippen LogP contribution in [-0.4, -0.2) is 27.6 Å². The molecule has 1 heterocycles. The molecule has 3 aromatic rings. The maximum Gasteiger partial charge on any atom is 0.416 e. The van der Waals surface area contributed by atoms with Gasteiger partial charge in [0.1, 0.15) is 10.1 Å². The summed E-state index contributed by atoms with van der Waals surface area (Å²) in [7, 11) is 0. The largest absolute Gasteiger partial charge is 0.484 e. The van der Waals surface area contributed by atoms with E-state index < -0.39 is 17.6 Å². The lowest BCUT2D eigenvalue weighted by atomic mass is 10.1. The number of amides is 2. The Morgan fingerprint density at radius 3 is 2.46 bits per heavy atom. The highest BCUT2D eigenvalue weighted by atomic mass is 32.2. The first-order valence-corrected chi connectivity index (χ1v) is 12.4. The van der Waals surface area contributed by atoms with E-state index in [0.717, 1.165) is 23.3 Å². The zero-order chi connectivity index (χ0) is 26.6. The van der Waals surface area contributed by atoms with E-state index in [1.54, 1.807) is 35.2 Å². The number of nitrogens with zero attached hydrogens (tertiary/aromatic N) is 1. The number of hydrogen-bond donors (Lipinski definition) is 1. The van der Waals surface area contributed by atoms with Crippen molar-refractivity contribution >= 4 is 51.9 Å². The summed E-state index contributed by atoms with van der Waals surface area (Å²) in [4.78, 5) is 27.2. The third-order valence-corrected chi connectivity index (χ3v) is 6.84. The van der Waals surface area contributed by atoms with Crippen molar-refractivity contribution in [2.24, 2.45) is 0 Å². The lowest BCUT2D eigenvalue weighted by Gasteiger charge is -2.23. The van der Waals surface area contributed by atoms with Gasteiger partial charge in [0.15, 0.2) is 6.61 Å². The van der Waals surface area contributed by atoms with Crippen molar-refractivity contribution in [2.75, 3.05) is 11.9 Å². The maximum absolute atomic E-state index is 13.0. The number of halogens is 3. The molecule has 0 unspecified atom stereocenters. The van der Waals surface area contributed by atoms with Crippen molar-refractivity contribution in [3.05, 3.63) is 100 Å². The second kappa shape index (κ2) is 11.2. The van der Waals surface area contributed by atoms with Gasteiger partial charge in [0.05, 0.1) is 16.5 Å². The molecule has 0 aliphatic carbocycles. The van der Waals surface area contributed by atoms with Gasteiger partial charge < -0.3 is 10.1 Å². The van der Waals surface area contributed by atoms with Gasteiger partial charge in [-0.05, 0) is 54.5 Å². The minimum atomic E-state index is -4.50. The second-order valence-corrected chi connectivity index (χ2v) is 9.80. The van der Waals surface area contributed by atoms with Gasteiger partial charge in [-0.3, -0.25) is 14.5 Å². The van der Waals surface area contributed by atoms with Crippen LogP contribution >= 0.6 is 24.0 Å². The number of rotatable bonds is 7. The van der Waals surface area contributed by atoms with Gasteiger partial charge in [-0.1, -0.05) is 72.5 Å². The Labute approximate surface area is 221 Å². The molecule has 37 heavy (non-hydrogen) atoms. The Hall–Kier alpha value is -3.63. The van der Waals surface area contributed by atoms with Gasteiger partial charge in [0, 0.05) is 5.69 Å². The van der Waals surface area contributed by atoms with E-state index in [-0.39, 0.29) is 24.2 Å². The van der Waals surface area contributed by atoms with Crippen molar-refractivity contribution in [3.8, 4) is 5.75 Å². The Bertz CT molecular complexity index is 1340. The SMILES string of the molecule is C[C@H](c1ccccc1)N1C(=O)/C(=C/c2ccc(OCC(=O)Nc3cccc(C(F)(F)F)c3)cc2)SC1=S. The number of hydrogen-bond acceptors (Lipinski definition) is 5. The molecule has 1 aliphatic heterocycles. The second-order valence-electron chi connectivity index (χ2n) is 8.12. The molecule has 190 valence electrons. The number of carbonyl (C=O) groups excluding carboxylic acids is 2. The quantitative estimate of drug-likeness (QED) is 0.267. The number of alkyl halides is 3. The minimum Gasteiger partial charge on any atom is -0.484 e. The van der Waals surface area contributed by atoms with Crippen LogP contribution in [0.15, 0.2) is 83.8 Å². The molecule has 2 amide bonds. The fourth-order valence-electron chi connectivity index (χ4n) is 3.63. The zero-order valence-corrected chi connectivity index (χ0v) is 21.1. The standard InChI is InChI=1S/C27H21F3N2O3S2/c1-17(19-6-3-2-4-7-19)32-25(34)23(37-26(32)36)14-18-10-12-22(13-11-18)35-16-24(33)31-21-9-5-8-20(15-21)27(28,29)30/h2-15,17H,16H2,1H3,(H,31,33)/b23-14-/t17-/m1/s1. The molecular weight excluding hydrogens is 521 g/mol. The number of thiocarbonyl (C=S) groups is 1. The first-order valence-electron chi connectivity index (χ1n) is 11.1. The van der Waals surface area contributed by atoms with Crippen LogP contribution in [0.3, 0.4) is 0 Å². The number of carbonyl (C=O) groups is 2. The van der Waals surface area contributed by atoms with Gasteiger partial charge in [-0.15, -0.1) is 0 Å². The summed E-state index contributed by atoms with van der Waals surface area (Å²) in [5.41, 5.74) is 0.901. The summed E-state index contributed by atoms with van der Waals surface area (Å²) >= 11 is 6.69. The van der Waals surface area contributed by atoms with Crippen LogP contribution in [0.5, 0.6) is 5.75 Å². The number of nitrogens with one attached hydrogen (secondary N) is 1. The summed E-state index contributed by atoms with van der Waals surface area (Å²) in [6.45, 7) is 1.55. The highest BCUT2D eigenvalue weighted by molar-refractivity contribution is 8.26. The van der Waals surface area contributed by atoms with Crippen LogP contribution in [0.4, 0.5) is 18.9 Å². The van der Waals surface area contributed by atoms with Gasteiger partial charge in [0.25, 0.3) is 11.8 Å². The molecule has 3 aromatic carbocycles. The Morgan fingerprint density at radius 1 is 1.08 bits per heavy atom. The average molecular weight is 543 g/mol. The molecular formula is C27H21F3N2O3S2. The summed E-state index contributed by atoms with van der Waals surface area (Å²) < 4.78 is 44.4. The lowest BCUT2D eigenvalue weighted by molar-refractivity contribution is -0.137. The highest BCUT2D eigenvalue weighted by Gasteiger charge is 2.36. The molecule has 4 rings (SSSR count). The highest BCUT2D eigenvalue weighted by Crippen LogP contribution is 2.38. The third kappa shape index (κ3) is 6.58. The lowest BCUT2D eigenvalue weighted by Crippen LogP contribution is -2.30. The van der Waals surface area contributed by atoms with Gasteiger partial charge in [-0.25, -0.2) is 0 Å². The molecule has 1 aliphatic rings. The molecule has 1 N–H and O–H groups in total. The summed E-state index contributed by atoms with van der Waals surface area (Å²) in [5.74, 6) is -0.376. The predicted octanol–water partition coefficient (Wildman–Crippen LogP) is 6.69. The zero-order valence-electron chi connectivity index (χ0n) is 19.5. The first kappa shape index (κ1) is 26.4. The Morgan fingerprint density at radius 2 is 1.78 bits per heavy atom. The number of thioether (sulfide) groups is 1. The molecule has 1 fully saturated rings. The topological polar surface area (TPSA) is 58.6 Å². The smallest absolute Gasteiger partial charge is 0.416 e. The summed E-state index contributed by atoms with van der Waals surface area (Å²) in [6, 6.07) is 20.5. The van der Waals surface area contributed by atoms with E-state index in [1.807, 2.05) is 37.3 Å². The molecule has 0 spiro atoms. The van der Waals surface area contributed by atoms with E-state index in [9.17, 15) is 22.8 Å². The van der Waals surface area contributed by atoms with Crippen molar-refractivity contribution in [2.45, 2.75) is 19.1 Å². The summed E-state index contributed by atoms with van der Waals surface area (Å²) in [5, 5.41) is 2.39. The molecule has 0 saturated carbocycles. The Balaban J connectivity index is 1.35. The first-order chi connectivity index (χ1) is 17.6. The summed E-state index contributed by atoms with van der Waals surface area (Å²) in [6.07, 6.45) is -2.76. The fourth-order valence-corrected chi connectivity index (χ4v) is 5.04. The number of benzene rings is 3. The van der Waals surface area contributed by atoms with E-state index in [2.05, 4.69) is 5.32 Å². The molecule has 0 aromatic heterocycles. The number of ether oxygens (including phenoxy) is 1. The molecule has 5 nitrogen and oxygen atoms in total. The van der Waals surface area contributed by atoms with Crippen LogP contribution in [0.2, 0.25) is 0 Å². The van der Waals surface area contributed by atoms with Gasteiger partial charge in [-0.2, -0.15) is 13.2 Å².